The van der Waals surface area contributed by atoms with Crippen LogP contribution in [0.15, 0.2) is 47.6 Å². The zero-order valence-electron chi connectivity index (χ0n) is 14.9. The minimum atomic E-state index is 0.415. The van der Waals surface area contributed by atoms with E-state index >= 15 is 0 Å². The normalized spacial score (nSPS) is 11.2. The van der Waals surface area contributed by atoms with E-state index in [9.17, 15) is 0 Å². The van der Waals surface area contributed by atoms with Gasteiger partial charge in [0.2, 0.25) is 11.5 Å². The van der Waals surface area contributed by atoms with Crippen molar-refractivity contribution in [3.63, 3.8) is 0 Å². The summed E-state index contributed by atoms with van der Waals surface area (Å²) in [7, 11) is 3.35. The third kappa shape index (κ3) is 2.33. The number of pyridine rings is 1. The molecule has 0 aromatic carbocycles. The molecule has 0 radical (unpaired) electrons. The zero-order valence-corrected chi connectivity index (χ0v) is 14.9. The van der Waals surface area contributed by atoms with E-state index in [0.29, 0.717) is 45.7 Å². The van der Waals surface area contributed by atoms with Gasteiger partial charge in [0.1, 0.15) is 18.3 Å². The van der Waals surface area contributed by atoms with Crippen LogP contribution in [0.4, 0.5) is 0 Å². The molecule has 0 aliphatic heterocycles. The molecule has 0 aliphatic carbocycles. The third-order valence-corrected chi connectivity index (χ3v) is 4.22. The van der Waals surface area contributed by atoms with Gasteiger partial charge < -0.3 is 9.26 Å². The number of rotatable bonds is 4. The second kappa shape index (κ2) is 6.23. The second-order valence-corrected chi connectivity index (χ2v) is 5.82. The van der Waals surface area contributed by atoms with Gasteiger partial charge in [0.05, 0.1) is 18.4 Å². The molecule has 0 aliphatic rings. The largest absolute Gasteiger partial charge is 0.492 e. The molecular formula is C17H13N9O2. The number of methoxy groups -OCH3 is 1. The molecule has 0 amide bonds. The van der Waals surface area contributed by atoms with Crippen molar-refractivity contribution in [2.75, 3.05) is 7.11 Å². The van der Waals surface area contributed by atoms with Gasteiger partial charge in [-0.15, -0.1) is 10.2 Å². The Hall–Kier alpha value is -4.15. The number of ether oxygens (including phenoxy) is 1. The second-order valence-electron chi connectivity index (χ2n) is 5.82. The molecule has 11 heteroatoms. The van der Waals surface area contributed by atoms with Crippen LogP contribution in [0.2, 0.25) is 0 Å². The number of fused-ring (bicyclic) bond motifs is 1. The summed E-state index contributed by atoms with van der Waals surface area (Å²) >= 11 is 0. The average Bonchev–Trinajstić information content (AvgIpc) is 3.47. The van der Waals surface area contributed by atoms with Gasteiger partial charge in [0.25, 0.3) is 0 Å². The molecule has 5 rings (SSSR count). The van der Waals surface area contributed by atoms with E-state index < -0.39 is 0 Å². The minimum absolute atomic E-state index is 0.415. The smallest absolute Gasteiger partial charge is 0.221 e. The molecule has 5 aromatic rings. The summed E-state index contributed by atoms with van der Waals surface area (Å²) in [5, 5.41) is 21.3. The molecule has 0 saturated carbocycles. The fourth-order valence-electron chi connectivity index (χ4n) is 2.98. The predicted octanol–water partition coefficient (Wildman–Crippen LogP) is 1.65. The monoisotopic (exact) mass is 375 g/mol. The van der Waals surface area contributed by atoms with E-state index in [1.807, 2.05) is 18.2 Å². The lowest BCUT2D eigenvalue weighted by atomic mass is 10.1. The standard InChI is InChI=1S/C17H13N9O2/c1-25-16(19-9-20-25)13-12(10-5-3-4-7-18-10)14(27-2)17-22-21-15(26(17)23-13)11-6-8-28-24-11/h3-9H,1-2H3. The number of nitrogens with zero attached hydrogens (tertiary/aromatic N) is 9. The predicted molar refractivity (Wildman–Crippen MR) is 96.1 cm³/mol. The molecule has 138 valence electrons. The van der Waals surface area contributed by atoms with E-state index in [4.69, 9.17) is 14.4 Å². The first-order valence-corrected chi connectivity index (χ1v) is 8.28. The minimum Gasteiger partial charge on any atom is -0.492 e. The Balaban J connectivity index is 1.91. The quantitative estimate of drug-likeness (QED) is 0.461. The summed E-state index contributed by atoms with van der Waals surface area (Å²) in [6.07, 6.45) is 4.62. The maximum Gasteiger partial charge on any atom is 0.221 e. The van der Waals surface area contributed by atoms with Crippen molar-refractivity contribution in [2.24, 2.45) is 7.05 Å². The summed E-state index contributed by atoms with van der Waals surface area (Å²) in [5.74, 6) is 1.42. The van der Waals surface area contributed by atoms with Crippen LogP contribution in [0.5, 0.6) is 5.75 Å². The Morgan fingerprint density at radius 3 is 2.64 bits per heavy atom. The van der Waals surface area contributed by atoms with Crippen LogP contribution in [0, 0.1) is 0 Å². The Kier molecular flexibility index (Phi) is 3.57. The van der Waals surface area contributed by atoms with Gasteiger partial charge in [-0.1, -0.05) is 11.2 Å². The highest BCUT2D eigenvalue weighted by Gasteiger charge is 2.26. The SMILES string of the molecule is COc1c(-c2ccccn2)c(-c2ncnn2C)nn2c(-c3ccon3)nnc12. The molecule has 0 saturated heterocycles. The van der Waals surface area contributed by atoms with E-state index in [1.165, 1.54) is 12.6 Å². The van der Waals surface area contributed by atoms with E-state index in [0.717, 1.165) is 0 Å². The molecule has 0 atom stereocenters. The number of hydrogen-bond donors (Lipinski definition) is 0. The van der Waals surface area contributed by atoms with Crippen LogP contribution >= 0.6 is 0 Å². The van der Waals surface area contributed by atoms with Crippen LogP contribution in [0.3, 0.4) is 0 Å². The fraction of sp³-hybridized carbons (Fsp3) is 0.118. The highest BCUT2D eigenvalue weighted by Crippen LogP contribution is 2.38. The Morgan fingerprint density at radius 1 is 1.04 bits per heavy atom. The maximum absolute atomic E-state index is 5.72. The van der Waals surface area contributed by atoms with Gasteiger partial charge in [-0.25, -0.2) is 9.67 Å². The molecule has 11 nitrogen and oxygen atoms in total. The summed E-state index contributed by atoms with van der Waals surface area (Å²) < 4.78 is 13.8. The molecule has 0 bridgehead atoms. The van der Waals surface area contributed by atoms with Crippen molar-refractivity contribution in [3.8, 4) is 40.0 Å². The maximum atomic E-state index is 5.72. The van der Waals surface area contributed by atoms with Crippen LogP contribution in [-0.4, -0.2) is 51.8 Å². The van der Waals surface area contributed by atoms with Crippen LogP contribution in [0.25, 0.3) is 39.9 Å². The van der Waals surface area contributed by atoms with Crippen molar-refractivity contribution in [3.05, 3.63) is 43.1 Å². The van der Waals surface area contributed by atoms with Crippen molar-refractivity contribution in [1.29, 1.82) is 0 Å². The van der Waals surface area contributed by atoms with Gasteiger partial charge in [-0.3, -0.25) is 4.98 Å². The molecule has 28 heavy (non-hydrogen) atoms. The van der Waals surface area contributed by atoms with E-state index in [1.54, 1.807) is 35.6 Å². The first-order valence-electron chi connectivity index (χ1n) is 8.28. The molecular weight excluding hydrogens is 362 g/mol. The van der Waals surface area contributed by atoms with Gasteiger partial charge >= 0.3 is 0 Å². The molecule has 0 fully saturated rings. The summed E-state index contributed by atoms with van der Waals surface area (Å²) in [6.45, 7) is 0. The number of hydrogen-bond acceptors (Lipinski definition) is 9. The van der Waals surface area contributed by atoms with Crippen LogP contribution in [-0.2, 0) is 7.05 Å². The fourth-order valence-corrected chi connectivity index (χ4v) is 2.98. The average molecular weight is 375 g/mol. The van der Waals surface area contributed by atoms with E-state index in [2.05, 4.69) is 30.4 Å². The molecule has 5 heterocycles. The van der Waals surface area contributed by atoms with Crippen molar-refractivity contribution < 1.29 is 9.26 Å². The lowest BCUT2D eigenvalue weighted by Gasteiger charge is -2.13. The number of aryl methyl sites for hydroxylation is 1. The molecule has 0 N–H and O–H groups in total. The molecule has 0 spiro atoms. The van der Waals surface area contributed by atoms with Crippen LogP contribution < -0.4 is 4.74 Å². The Morgan fingerprint density at radius 2 is 1.96 bits per heavy atom. The summed E-state index contributed by atoms with van der Waals surface area (Å²) in [4.78, 5) is 8.81. The molecule has 0 unspecified atom stereocenters. The van der Waals surface area contributed by atoms with Gasteiger partial charge in [0, 0.05) is 19.3 Å². The lowest BCUT2D eigenvalue weighted by molar-refractivity contribution is 0.417. The highest BCUT2D eigenvalue weighted by molar-refractivity contribution is 5.86. The van der Waals surface area contributed by atoms with Gasteiger partial charge in [-0.2, -0.15) is 14.7 Å². The van der Waals surface area contributed by atoms with Crippen LogP contribution in [0.1, 0.15) is 0 Å². The van der Waals surface area contributed by atoms with Crippen molar-refractivity contribution in [2.45, 2.75) is 0 Å². The summed E-state index contributed by atoms with van der Waals surface area (Å²) in [6, 6.07) is 7.27. The first kappa shape index (κ1) is 16.1. The van der Waals surface area contributed by atoms with Gasteiger partial charge in [0.15, 0.2) is 17.3 Å². The Bertz CT molecular complexity index is 1260. The third-order valence-electron chi connectivity index (χ3n) is 4.22. The number of aromatic nitrogens is 9. The topological polar surface area (TPSA) is 122 Å². The van der Waals surface area contributed by atoms with Gasteiger partial charge in [-0.05, 0) is 12.1 Å². The summed E-state index contributed by atoms with van der Waals surface area (Å²) in [5.41, 5.74) is 2.75. The van der Waals surface area contributed by atoms with E-state index in [-0.39, 0.29) is 0 Å². The first-order chi connectivity index (χ1) is 13.8. The molecule has 5 aromatic heterocycles. The zero-order chi connectivity index (χ0) is 19.1. The van der Waals surface area contributed by atoms with Crippen molar-refractivity contribution >= 4 is 5.65 Å². The highest BCUT2D eigenvalue weighted by atomic mass is 16.5. The Labute approximate surface area is 157 Å². The van der Waals surface area contributed by atoms with Crippen molar-refractivity contribution in [1.82, 2.24) is 44.7 Å². The lowest BCUT2D eigenvalue weighted by Crippen LogP contribution is -2.07.